The summed E-state index contributed by atoms with van der Waals surface area (Å²) in [5.41, 5.74) is 0.558. The van der Waals surface area contributed by atoms with E-state index < -0.39 is 0 Å². The van der Waals surface area contributed by atoms with Gasteiger partial charge in [0.15, 0.2) is 0 Å². The summed E-state index contributed by atoms with van der Waals surface area (Å²) in [6.07, 6.45) is 1.08. The van der Waals surface area contributed by atoms with Crippen LogP contribution in [0.4, 0.5) is 5.82 Å². The van der Waals surface area contributed by atoms with E-state index in [0.717, 1.165) is 45.0 Å². The summed E-state index contributed by atoms with van der Waals surface area (Å²) >= 11 is 5.96. The summed E-state index contributed by atoms with van der Waals surface area (Å²) in [7, 11) is 0. The molecule has 0 atom stereocenters. The first kappa shape index (κ1) is 16.7. The largest absolute Gasteiger partial charge is 0.357 e. The summed E-state index contributed by atoms with van der Waals surface area (Å²) in [4.78, 5) is 8.88. The highest BCUT2D eigenvalue weighted by molar-refractivity contribution is 6.29. The van der Waals surface area contributed by atoms with Gasteiger partial charge in [0.2, 0.25) is 0 Å². The number of aromatic nitrogens is 1. The molecule has 0 aromatic carbocycles. The van der Waals surface area contributed by atoms with E-state index in [0.29, 0.717) is 10.7 Å². The summed E-state index contributed by atoms with van der Waals surface area (Å²) in [5, 5.41) is 9.37. The Balaban J connectivity index is 2.67. The molecule has 110 valence electrons. The van der Waals surface area contributed by atoms with Crippen molar-refractivity contribution in [1.29, 1.82) is 5.26 Å². The first-order valence-corrected chi connectivity index (χ1v) is 7.57. The van der Waals surface area contributed by atoms with Crippen LogP contribution >= 0.6 is 11.6 Å². The number of hydrogen-bond donors (Lipinski definition) is 0. The number of nitriles is 1. The van der Waals surface area contributed by atoms with Crippen molar-refractivity contribution in [2.24, 2.45) is 0 Å². The zero-order chi connectivity index (χ0) is 15.0. The van der Waals surface area contributed by atoms with Gasteiger partial charge in [-0.1, -0.05) is 25.4 Å². The van der Waals surface area contributed by atoms with Crippen LogP contribution in [0.5, 0.6) is 0 Å². The second kappa shape index (κ2) is 8.78. The van der Waals surface area contributed by atoms with E-state index in [1.54, 1.807) is 12.1 Å². The van der Waals surface area contributed by atoms with Crippen molar-refractivity contribution < 1.29 is 0 Å². The molecular weight excluding hydrogens is 272 g/mol. The van der Waals surface area contributed by atoms with Gasteiger partial charge in [-0.15, -0.1) is 0 Å². The summed E-state index contributed by atoms with van der Waals surface area (Å²) in [6.45, 7) is 11.5. The Morgan fingerprint density at radius 3 is 2.40 bits per heavy atom. The third-order valence-electron chi connectivity index (χ3n) is 3.41. The number of halogens is 1. The van der Waals surface area contributed by atoms with Crippen molar-refractivity contribution in [1.82, 2.24) is 9.88 Å². The minimum atomic E-state index is 0.376. The maximum Gasteiger partial charge on any atom is 0.132 e. The van der Waals surface area contributed by atoms with Crippen LogP contribution in [0.15, 0.2) is 12.1 Å². The van der Waals surface area contributed by atoms with E-state index in [1.165, 1.54) is 0 Å². The van der Waals surface area contributed by atoms with E-state index >= 15 is 0 Å². The minimum absolute atomic E-state index is 0.376. The molecule has 1 heterocycles. The van der Waals surface area contributed by atoms with E-state index in [-0.39, 0.29) is 0 Å². The van der Waals surface area contributed by atoms with Gasteiger partial charge in [0.05, 0.1) is 11.6 Å². The van der Waals surface area contributed by atoms with Gasteiger partial charge in [0, 0.05) is 13.1 Å². The molecule has 20 heavy (non-hydrogen) atoms. The molecule has 1 aromatic rings. The molecule has 0 N–H and O–H groups in total. The van der Waals surface area contributed by atoms with E-state index in [1.807, 2.05) is 0 Å². The van der Waals surface area contributed by atoms with Crippen LogP contribution in [-0.4, -0.2) is 42.6 Å². The summed E-state index contributed by atoms with van der Waals surface area (Å²) < 4.78 is 0. The van der Waals surface area contributed by atoms with E-state index in [2.05, 4.69) is 41.6 Å². The van der Waals surface area contributed by atoms with Gasteiger partial charge in [-0.25, -0.2) is 4.98 Å². The fraction of sp³-hybridized carbons (Fsp3) is 0.600. The smallest absolute Gasteiger partial charge is 0.132 e. The van der Waals surface area contributed by atoms with Crippen molar-refractivity contribution in [2.45, 2.75) is 27.2 Å². The van der Waals surface area contributed by atoms with Crippen molar-refractivity contribution in [2.75, 3.05) is 37.6 Å². The van der Waals surface area contributed by atoms with E-state index in [9.17, 15) is 0 Å². The molecule has 5 heteroatoms. The van der Waals surface area contributed by atoms with Gasteiger partial charge in [-0.05, 0) is 45.1 Å². The van der Waals surface area contributed by atoms with Crippen LogP contribution in [-0.2, 0) is 0 Å². The van der Waals surface area contributed by atoms with Gasteiger partial charge in [-0.2, -0.15) is 5.26 Å². The van der Waals surface area contributed by atoms with Gasteiger partial charge in [0.25, 0.3) is 0 Å². The normalized spacial score (nSPS) is 10.6. The molecule has 0 bridgehead atoms. The third-order valence-corrected chi connectivity index (χ3v) is 3.61. The summed E-state index contributed by atoms with van der Waals surface area (Å²) in [5.74, 6) is 0.788. The summed E-state index contributed by atoms with van der Waals surface area (Å²) in [6, 6.07) is 5.51. The molecule has 1 aromatic heterocycles. The minimum Gasteiger partial charge on any atom is -0.357 e. The first-order chi connectivity index (χ1) is 9.64. The highest BCUT2D eigenvalue weighted by Crippen LogP contribution is 2.18. The van der Waals surface area contributed by atoms with Crippen LogP contribution in [0.3, 0.4) is 0 Å². The SMILES string of the molecule is CCN(CC)CCCN(CC)c1cc(C#N)cc(Cl)n1. The molecule has 0 saturated carbocycles. The average molecular weight is 295 g/mol. The predicted molar refractivity (Wildman–Crippen MR) is 84.3 cm³/mol. The molecule has 1 rings (SSSR count). The Morgan fingerprint density at radius 2 is 1.85 bits per heavy atom. The highest BCUT2D eigenvalue weighted by atomic mass is 35.5. The van der Waals surface area contributed by atoms with Gasteiger partial charge < -0.3 is 9.80 Å². The van der Waals surface area contributed by atoms with Crippen molar-refractivity contribution in [3.05, 3.63) is 22.8 Å². The Kier molecular flexibility index (Phi) is 7.35. The fourth-order valence-electron chi connectivity index (χ4n) is 2.17. The number of pyridine rings is 1. The fourth-order valence-corrected chi connectivity index (χ4v) is 2.37. The Hall–Kier alpha value is -1.31. The molecule has 0 radical (unpaired) electrons. The Bertz CT molecular complexity index is 452. The second-order valence-corrected chi connectivity index (χ2v) is 5.00. The maximum atomic E-state index is 8.99. The maximum absolute atomic E-state index is 8.99. The molecule has 4 nitrogen and oxygen atoms in total. The predicted octanol–water partition coefficient (Wildman–Crippen LogP) is 3.16. The molecule has 0 aliphatic rings. The van der Waals surface area contributed by atoms with Crippen molar-refractivity contribution in [3.8, 4) is 6.07 Å². The monoisotopic (exact) mass is 294 g/mol. The number of nitrogens with zero attached hydrogens (tertiary/aromatic N) is 4. The lowest BCUT2D eigenvalue weighted by Crippen LogP contribution is -2.30. The zero-order valence-corrected chi connectivity index (χ0v) is 13.3. The van der Waals surface area contributed by atoms with Gasteiger partial charge in [-0.3, -0.25) is 0 Å². The molecule has 0 amide bonds. The van der Waals surface area contributed by atoms with Crippen LogP contribution < -0.4 is 4.90 Å². The van der Waals surface area contributed by atoms with Crippen LogP contribution in [0.1, 0.15) is 32.8 Å². The lowest BCUT2D eigenvalue weighted by Gasteiger charge is -2.24. The average Bonchev–Trinajstić information content (AvgIpc) is 2.47. The lowest BCUT2D eigenvalue weighted by atomic mass is 10.2. The van der Waals surface area contributed by atoms with Crippen molar-refractivity contribution in [3.63, 3.8) is 0 Å². The van der Waals surface area contributed by atoms with Gasteiger partial charge in [0.1, 0.15) is 11.0 Å². The number of rotatable bonds is 8. The first-order valence-electron chi connectivity index (χ1n) is 7.19. The molecule has 0 aliphatic carbocycles. The second-order valence-electron chi connectivity index (χ2n) is 4.61. The topological polar surface area (TPSA) is 43.2 Å². The highest BCUT2D eigenvalue weighted by Gasteiger charge is 2.09. The lowest BCUT2D eigenvalue weighted by molar-refractivity contribution is 0.300. The molecule has 0 saturated heterocycles. The van der Waals surface area contributed by atoms with Crippen molar-refractivity contribution >= 4 is 17.4 Å². The zero-order valence-electron chi connectivity index (χ0n) is 12.6. The molecule has 0 fully saturated rings. The standard InChI is InChI=1S/C15H23ClN4/c1-4-19(5-2)8-7-9-20(6-3)15-11-13(12-17)10-14(16)18-15/h10-11H,4-9H2,1-3H3. The Labute approximate surface area is 127 Å². The Morgan fingerprint density at radius 1 is 1.15 bits per heavy atom. The third kappa shape index (κ3) is 4.99. The molecule has 0 aliphatic heterocycles. The molecule has 0 unspecified atom stereocenters. The number of hydrogen-bond acceptors (Lipinski definition) is 4. The molecular formula is C15H23ClN4. The van der Waals surface area contributed by atoms with Crippen LogP contribution in [0.2, 0.25) is 5.15 Å². The molecule has 0 spiro atoms. The number of anilines is 1. The quantitative estimate of drug-likeness (QED) is 0.691. The van der Waals surface area contributed by atoms with E-state index in [4.69, 9.17) is 16.9 Å². The van der Waals surface area contributed by atoms with Crippen LogP contribution in [0, 0.1) is 11.3 Å². The van der Waals surface area contributed by atoms with Crippen LogP contribution in [0.25, 0.3) is 0 Å². The van der Waals surface area contributed by atoms with Gasteiger partial charge >= 0.3 is 0 Å².